The van der Waals surface area contributed by atoms with Crippen LogP contribution in [0.25, 0.3) is 0 Å². The van der Waals surface area contributed by atoms with Crippen LogP contribution in [-0.2, 0) is 14.3 Å². The zero-order chi connectivity index (χ0) is 17.7. The molecule has 0 aromatic rings. The van der Waals surface area contributed by atoms with Gasteiger partial charge < -0.3 is 9.47 Å². The summed E-state index contributed by atoms with van der Waals surface area (Å²) in [6, 6.07) is 0. The first-order chi connectivity index (χ1) is 11.3. The number of methoxy groups -OCH3 is 2. The number of hydrogen-bond donors (Lipinski definition) is 0. The molecule has 0 aromatic carbocycles. The lowest BCUT2D eigenvalue weighted by Crippen LogP contribution is -2.26. The second-order valence-corrected chi connectivity index (χ2v) is 7.70. The van der Waals surface area contributed by atoms with Crippen LogP contribution in [0.15, 0.2) is 47.8 Å². The van der Waals surface area contributed by atoms with Gasteiger partial charge in [-0.2, -0.15) is 0 Å². The molecule has 0 radical (unpaired) electrons. The number of carbonyl (C=O) groups excluding carboxylic acids is 1. The zero-order valence-electron chi connectivity index (χ0n) is 15.5. The van der Waals surface area contributed by atoms with Gasteiger partial charge in [-0.15, -0.1) is 0 Å². The highest BCUT2D eigenvalue weighted by atomic mass is 16.5. The van der Waals surface area contributed by atoms with E-state index < -0.39 is 0 Å². The summed E-state index contributed by atoms with van der Waals surface area (Å²) in [5.74, 6) is 1.75. The minimum atomic E-state index is -0.0990. The Bertz CT molecular complexity index is 572. The molecule has 3 nitrogen and oxygen atoms in total. The van der Waals surface area contributed by atoms with E-state index in [-0.39, 0.29) is 23.2 Å². The normalized spacial score (nSPS) is 25.0. The van der Waals surface area contributed by atoms with E-state index in [1.54, 1.807) is 14.2 Å². The van der Waals surface area contributed by atoms with Crippen molar-refractivity contribution in [1.29, 1.82) is 0 Å². The lowest BCUT2D eigenvalue weighted by molar-refractivity contribution is -0.118. The molecular formula is C21H30O3. The number of Topliss-reactive ketones (excluding diaryl/α,β-unsaturated/α-hetero) is 1. The predicted molar refractivity (Wildman–Crippen MR) is 97.5 cm³/mol. The first-order valence-electron chi connectivity index (χ1n) is 8.72. The third-order valence-electron chi connectivity index (χ3n) is 5.04. The average Bonchev–Trinajstić information content (AvgIpc) is 2.59. The summed E-state index contributed by atoms with van der Waals surface area (Å²) in [7, 11) is 3.35. The number of carbonyl (C=O) groups is 1. The molecular weight excluding hydrogens is 300 g/mol. The number of rotatable bonds is 6. The van der Waals surface area contributed by atoms with Crippen molar-refractivity contribution in [2.45, 2.75) is 46.1 Å². The fourth-order valence-electron chi connectivity index (χ4n) is 3.22. The molecule has 0 bridgehead atoms. The lowest BCUT2D eigenvalue weighted by atomic mass is 9.76. The third kappa shape index (κ3) is 4.70. The van der Waals surface area contributed by atoms with Crippen molar-refractivity contribution >= 4 is 5.78 Å². The second kappa shape index (κ2) is 7.98. The van der Waals surface area contributed by atoms with Gasteiger partial charge in [-0.25, -0.2) is 0 Å². The Labute approximate surface area is 146 Å². The molecule has 132 valence electrons. The summed E-state index contributed by atoms with van der Waals surface area (Å²) in [4.78, 5) is 12.6. The molecule has 3 heteroatoms. The van der Waals surface area contributed by atoms with Crippen LogP contribution in [0.1, 0.15) is 40.0 Å². The fraction of sp³-hybridized carbons (Fsp3) is 0.571. The van der Waals surface area contributed by atoms with Crippen molar-refractivity contribution in [2.24, 2.45) is 17.3 Å². The van der Waals surface area contributed by atoms with Gasteiger partial charge in [-0.3, -0.25) is 4.79 Å². The van der Waals surface area contributed by atoms with Gasteiger partial charge >= 0.3 is 0 Å². The van der Waals surface area contributed by atoms with E-state index >= 15 is 0 Å². The molecule has 0 heterocycles. The van der Waals surface area contributed by atoms with Gasteiger partial charge in [0, 0.05) is 25.0 Å². The van der Waals surface area contributed by atoms with Crippen LogP contribution in [0.5, 0.6) is 0 Å². The molecule has 2 aliphatic carbocycles. The first-order valence-corrected chi connectivity index (χ1v) is 8.72. The van der Waals surface area contributed by atoms with Crippen LogP contribution in [0, 0.1) is 17.3 Å². The molecule has 2 aliphatic rings. The maximum atomic E-state index is 12.6. The summed E-state index contributed by atoms with van der Waals surface area (Å²) in [6.45, 7) is 6.71. The molecule has 0 spiro atoms. The topological polar surface area (TPSA) is 35.5 Å². The standard InChI is InChI=1S/C21H30O3/c1-21(2,3)17-10-6-15(7-11-17)19(22)14-20(24-5)16-8-12-18(23-4)13-9-16/h6-8,10,12-13,16-17,20H,9,11,14H2,1-5H3. The Morgan fingerprint density at radius 3 is 2.38 bits per heavy atom. The molecule has 0 amide bonds. The van der Waals surface area contributed by atoms with Crippen molar-refractivity contribution in [3.05, 3.63) is 47.8 Å². The zero-order valence-corrected chi connectivity index (χ0v) is 15.5. The molecule has 0 N–H and O–H groups in total. The van der Waals surface area contributed by atoms with E-state index in [1.807, 2.05) is 12.2 Å². The van der Waals surface area contributed by atoms with E-state index in [4.69, 9.17) is 9.47 Å². The van der Waals surface area contributed by atoms with Gasteiger partial charge in [0.15, 0.2) is 5.78 Å². The van der Waals surface area contributed by atoms with Crippen molar-refractivity contribution in [3.8, 4) is 0 Å². The third-order valence-corrected chi connectivity index (χ3v) is 5.04. The molecule has 0 aliphatic heterocycles. The van der Waals surface area contributed by atoms with Crippen LogP contribution >= 0.6 is 0 Å². The summed E-state index contributed by atoms with van der Waals surface area (Å²) in [5, 5.41) is 0. The molecule has 0 fully saturated rings. The van der Waals surface area contributed by atoms with Gasteiger partial charge in [0.05, 0.1) is 13.2 Å². The summed E-state index contributed by atoms with van der Waals surface area (Å²) < 4.78 is 10.8. The van der Waals surface area contributed by atoms with Gasteiger partial charge in [-0.1, -0.05) is 45.1 Å². The highest BCUT2D eigenvalue weighted by Crippen LogP contribution is 2.34. The maximum Gasteiger partial charge on any atom is 0.165 e. The summed E-state index contributed by atoms with van der Waals surface area (Å²) >= 11 is 0. The van der Waals surface area contributed by atoms with Gasteiger partial charge in [0.25, 0.3) is 0 Å². The van der Waals surface area contributed by atoms with E-state index in [0.717, 1.165) is 24.2 Å². The minimum absolute atomic E-state index is 0.0990. The Kier molecular flexibility index (Phi) is 6.22. The van der Waals surface area contributed by atoms with Crippen molar-refractivity contribution in [3.63, 3.8) is 0 Å². The number of ether oxygens (including phenoxy) is 2. The van der Waals surface area contributed by atoms with Crippen molar-refractivity contribution < 1.29 is 14.3 Å². The highest BCUT2D eigenvalue weighted by molar-refractivity contribution is 5.98. The highest BCUT2D eigenvalue weighted by Gasteiger charge is 2.27. The molecule has 2 rings (SSSR count). The Morgan fingerprint density at radius 2 is 1.92 bits per heavy atom. The fourth-order valence-corrected chi connectivity index (χ4v) is 3.22. The largest absolute Gasteiger partial charge is 0.497 e. The van der Waals surface area contributed by atoms with Crippen LogP contribution < -0.4 is 0 Å². The Hall–Kier alpha value is -1.61. The van der Waals surface area contributed by atoms with Crippen LogP contribution in [0.4, 0.5) is 0 Å². The van der Waals surface area contributed by atoms with Gasteiger partial charge in [0.1, 0.15) is 5.76 Å². The maximum absolute atomic E-state index is 12.6. The smallest absolute Gasteiger partial charge is 0.165 e. The Morgan fingerprint density at radius 1 is 1.17 bits per heavy atom. The SMILES string of the molecule is COC1=CCC(C(CC(=O)C2=CCC(C(C)(C)C)C=C2)OC)C=C1. The van der Waals surface area contributed by atoms with E-state index in [1.165, 1.54) is 0 Å². The average molecular weight is 330 g/mol. The summed E-state index contributed by atoms with van der Waals surface area (Å²) in [5.41, 5.74) is 1.06. The second-order valence-electron chi connectivity index (χ2n) is 7.70. The molecule has 0 saturated heterocycles. The van der Waals surface area contributed by atoms with E-state index in [0.29, 0.717) is 12.3 Å². The van der Waals surface area contributed by atoms with E-state index in [2.05, 4.69) is 45.1 Å². The number of allylic oxidation sites excluding steroid dienone is 6. The molecule has 24 heavy (non-hydrogen) atoms. The van der Waals surface area contributed by atoms with Crippen LogP contribution in [0.3, 0.4) is 0 Å². The van der Waals surface area contributed by atoms with Crippen molar-refractivity contribution in [2.75, 3.05) is 14.2 Å². The van der Waals surface area contributed by atoms with Crippen LogP contribution in [-0.4, -0.2) is 26.1 Å². The quantitative estimate of drug-likeness (QED) is 0.713. The molecule has 0 aromatic heterocycles. The molecule has 3 atom stereocenters. The predicted octanol–water partition coefficient (Wildman–Crippen LogP) is 4.62. The van der Waals surface area contributed by atoms with Crippen molar-refractivity contribution in [1.82, 2.24) is 0 Å². The van der Waals surface area contributed by atoms with E-state index in [9.17, 15) is 4.79 Å². The first kappa shape index (κ1) is 18.7. The van der Waals surface area contributed by atoms with Gasteiger partial charge in [-0.05, 0) is 36.3 Å². The Balaban J connectivity index is 1.94. The lowest BCUT2D eigenvalue weighted by Gasteiger charge is -2.29. The number of ketones is 1. The molecule has 0 saturated carbocycles. The minimum Gasteiger partial charge on any atom is -0.497 e. The molecule has 3 unspecified atom stereocenters. The van der Waals surface area contributed by atoms with Crippen LogP contribution in [0.2, 0.25) is 0 Å². The monoisotopic (exact) mass is 330 g/mol. The van der Waals surface area contributed by atoms with Gasteiger partial charge in [0.2, 0.25) is 0 Å². The number of hydrogen-bond acceptors (Lipinski definition) is 3. The summed E-state index contributed by atoms with van der Waals surface area (Å²) in [6.07, 6.45) is 14.4.